The zero-order valence-electron chi connectivity index (χ0n) is 10.5. The van der Waals surface area contributed by atoms with Gasteiger partial charge in [-0.15, -0.1) is 23.2 Å². The average Bonchev–Trinajstić information content (AvgIpc) is 2.93. The first-order chi connectivity index (χ1) is 8.72. The van der Waals surface area contributed by atoms with E-state index < -0.39 is 0 Å². The molecule has 2 rings (SSSR count). The third-order valence-electron chi connectivity index (χ3n) is 4.25. The molecule has 0 spiro atoms. The SMILES string of the molecule is Fc1ccccc1CC(CCl)(CCl)C1CCCC1. The minimum atomic E-state index is -0.151. The van der Waals surface area contributed by atoms with Gasteiger partial charge in [-0.3, -0.25) is 0 Å². The molecule has 1 aliphatic carbocycles. The molecule has 1 saturated carbocycles. The number of halogens is 3. The van der Waals surface area contributed by atoms with Crippen LogP contribution in [0.3, 0.4) is 0 Å². The van der Waals surface area contributed by atoms with E-state index >= 15 is 0 Å². The van der Waals surface area contributed by atoms with E-state index in [4.69, 9.17) is 23.2 Å². The molecular weight excluding hydrogens is 270 g/mol. The lowest BCUT2D eigenvalue weighted by atomic mass is 9.73. The summed E-state index contributed by atoms with van der Waals surface area (Å²) in [4.78, 5) is 0. The van der Waals surface area contributed by atoms with Gasteiger partial charge in [0.25, 0.3) is 0 Å². The molecule has 0 atom stereocenters. The van der Waals surface area contributed by atoms with E-state index in [1.54, 1.807) is 6.07 Å². The van der Waals surface area contributed by atoms with E-state index in [9.17, 15) is 4.39 Å². The van der Waals surface area contributed by atoms with Crippen molar-refractivity contribution in [3.63, 3.8) is 0 Å². The number of rotatable bonds is 5. The second kappa shape index (κ2) is 6.25. The van der Waals surface area contributed by atoms with Gasteiger partial charge in [0.2, 0.25) is 0 Å². The van der Waals surface area contributed by atoms with Crippen LogP contribution >= 0.6 is 23.2 Å². The lowest BCUT2D eigenvalue weighted by Gasteiger charge is -2.36. The summed E-state index contributed by atoms with van der Waals surface area (Å²) in [6.45, 7) is 0. The van der Waals surface area contributed by atoms with Crippen molar-refractivity contribution in [2.75, 3.05) is 11.8 Å². The number of benzene rings is 1. The number of hydrogen-bond donors (Lipinski definition) is 0. The highest BCUT2D eigenvalue weighted by Crippen LogP contribution is 2.44. The van der Waals surface area contributed by atoms with Crippen LogP contribution in [0.15, 0.2) is 24.3 Å². The lowest BCUT2D eigenvalue weighted by Crippen LogP contribution is -2.36. The average molecular weight is 289 g/mol. The Labute approximate surface area is 118 Å². The van der Waals surface area contributed by atoms with Crippen LogP contribution in [0.2, 0.25) is 0 Å². The molecule has 18 heavy (non-hydrogen) atoms. The Morgan fingerprint density at radius 3 is 2.28 bits per heavy atom. The van der Waals surface area contributed by atoms with Crippen LogP contribution in [0, 0.1) is 17.2 Å². The molecular formula is C15H19Cl2F. The molecule has 0 aliphatic heterocycles. The van der Waals surface area contributed by atoms with Crippen LogP contribution in [-0.4, -0.2) is 11.8 Å². The number of hydrogen-bond acceptors (Lipinski definition) is 0. The molecule has 1 aliphatic rings. The first kappa shape index (κ1) is 14.1. The van der Waals surface area contributed by atoms with Gasteiger partial charge < -0.3 is 0 Å². The Morgan fingerprint density at radius 1 is 1.11 bits per heavy atom. The second-order valence-corrected chi connectivity index (χ2v) is 5.91. The summed E-state index contributed by atoms with van der Waals surface area (Å²) >= 11 is 12.4. The van der Waals surface area contributed by atoms with Crippen LogP contribution < -0.4 is 0 Å². The standard InChI is InChI=1S/C15H19Cl2F/c16-10-15(11-17,13-6-2-3-7-13)9-12-5-1-4-8-14(12)18/h1,4-5,8,13H,2-3,6-7,9-11H2. The Morgan fingerprint density at radius 2 is 1.72 bits per heavy atom. The van der Waals surface area contributed by atoms with Crippen LogP contribution in [-0.2, 0) is 6.42 Å². The molecule has 1 aromatic carbocycles. The maximum absolute atomic E-state index is 13.8. The van der Waals surface area contributed by atoms with E-state index in [1.165, 1.54) is 31.7 Å². The van der Waals surface area contributed by atoms with Gasteiger partial charge in [0.1, 0.15) is 5.82 Å². The predicted molar refractivity (Wildman–Crippen MR) is 75.9 cm³/mol. The molecule has 0 unspecified atom stereocenters. The highest BCUT2D eigenvalue weighted by atomic mass is 35.5. The third kappa shape index (κ3) is 2.83. The molecule has 0 heterocycles. The molecule has 0 nitrogen and oxygen atoms in total. The van der Waals surface area contributed by atoms with Crippen molar-refractivity contribution in [3.8, 4) is 0 Å². The van der Waals surface area contributed by atoms with Crippen molar-refractivity contribution >= 4 is 23.2 Å². The van der Waals surface area contributed by atoms with Gasteiger partial charge in [0, 0.05) is 17.2 Å². The summed E-state index contributed by atoms with van der Waals surface area (Å²) in [7, 11) is 0. The molecule has 3 heteroatoms. The fourth-order valence-corrected chi connectivity index (χ4v) is 3.96. The Bertz CT molecular complexity index is 382. The fraction of sp³-hybridized carbons (Fsp3) is 0.600. The molecule has 100 valence electrons. The van der Waals surface area contributed by atoms with Crippen LogP contribution in [0.1, 0.15) is 31.2 Å². The molecule has 0 saturated heterocycles. The monoisotopic (exact) mass is 288 g/mol. The van der Waals surface area contributed by atoms with Crippen LogP contribution in [0.25, 0.3) is 0 Å². The van der Waals surface area contributed by atoms with E-state index in [0.717, 1.165) is 5.56 Å². The van der Waals surface area contributed by atoms with E-state index in [0.29, 0.717) is 24.1 Å². The Kier molecular flexibility index (Phi) is 4.91. The summed E-state index contributed by atoms with van der Waals surface area (Å²) in [5.41, 5.74) is 0.590. The maximum Gasteiger partial charge on any atom is 0.126 e. The zero-order chi connectivity index (χ0) is 13.0. The first-order valence-corrected chi connectivity index (χ1v) is 7.64. The quantitative estimate of drug-likeness (QED) is 0.667. The van der Waals surface area contributed by atoms with E-state index in [-0.39, 0.29) is 11.2 Å². The van der Waals surface area contributed by atoms with Crippen molar-refractivity contribution in [3.05, 3.63) is 35.6 Å². The molecule has 0 radical (unpaired) electrons. The zero-order valence-corrected chi connectivity index (χ0v) is 12.0. The van der Waals surface area contributed by atoms with E-state index in [1.807, 2.05) is 12.1 Å². The van der Waals surface area contributed by atoms with Crippen molar-refractivity contribution in [2.24, 2.45) is 11.3 Å². The third-order valence-corrected chi connectivity index (χ3v) is 5.32. The van der Waals surface area contributed by atoms with Gasteiger partial charge in [-0.1, -0.05) is 31.0 Å². The van der Waals surface area contributed by atoms with Crippen molar-refractivity contribution < 1.29 is 4.39 Å². The van der Waals surface area contributed by atoms with Gasteiger partial charge in [-0.2, -0.15) is 0 Å². The minimum Gasteiger partial charge on any atom is -0.207 e. The van der Waals surface area contributed by atoms with Crippen molar-refractivity contribution in [2.45, 2.75) is 32.1 Å². The Hall–Kier alpha value is -0.270. The smallest absolute Gasteiger partial charge is 0.126 e. The maximum atomic E-state index is 13.8. The van der Waals surface area contributed by atoms with Gasteiger partial charge >= 0.3 is 0 Å². The largest absolute Gasteiger partial charge is 0.207 e. The number of alkyl halides is 2. The van der Waals surface area contributed by atoms with Crippen molar-refractivity contribution in [1.82, 2.24) is 0 Å². The first-order valence-electron chi connectivity index (χ1n) is 6.57. The summed E-state index contributed by atoms with van der Waals surface area (Å²) < 4.78 is 13.8. The molecule has 0 aromatic heterocycles. The van der Waals surface area contributed by atoms with Gasteiger partial charge in [0.15, 0.2) is 0 Å². The Balaban J connectivity index is 2.22. The highest BCUT2D eigenvalue weighted by molar-refractivity contribution is 6.21. The van der Waals surface area contributed by atoms with Crippen molar-refractivity contribution in [1.29, 1.82) is 0 Å². The summed E-state index contributed by atoms with van der Waals surface area (Å²) in [5.74, 6) is 1.41. The molecule has 1 fully saturated rings. The normalized spacial score (nSPS) is 17.3. The summed E-state index contributed by atoms with van der Waals surface area (Å²) in [6, 6.07) is 6.95. The second-order valence-electron chi connectivity index (χ2n) is 5.38. The van der Waals surface area contributed by atoms with Crippen LogP contribution in [0.4, 0.5) is 4.39 Å². The molecule has 0 N–H and O–H groups in total. The molecule has 0 bridgehead atoms. The van der Waals surface area contributed by atoms with Gasteiger partial charge in [-0.25, -0.2) is 4.39 Å². The minimum absolute atomic E-state index is 0.143. The molecule has 0 amide bonds. The van der Waals surface area contributed by atoms with Gasteiger partial charge in [0.05, 0.1) is 0 Å². The highest BCUT2D eigenvalue weighted by Gasteiger charge is 2.39. The lowest BCUT2D eigenvalue weighted by molar-refractivity contribution is 0.223. The topological polar surface area (TPSA) is 0 Å². The van der Waals surface area contributed by atoms with E-state index in [2.05, 4.69) is 0 Å². The fourth-order valence-electron chi connectivity index (χ4n) is 3.05. The summed E-state index contributed by atoms with van der Waals surface area (Å²) in [5, 5.41) is 0. The predicted octanol–water partition coefficient (Wildman–Crippen LogP) is 5.02. The summed E-state index contributed by atoms with van der Waals surface area (Å²) in [6.07, 6.45) is 5.49. The van der Waals surface area contributed by atoms with Gasteiger partial charge in [-0.05, 0) is 36.8 Å². The molecule has 1 aromatic rings. The van der Waals surface area contributed by atoms with Crippen LogP contribution in [0.5, 0.6) is 0 Å².